The second-order valence-corrected chi connectivity index (χ2v) is 6.28. The number of carbonyl (C=O) groups is 1. The van der Waals surface area contributed by atoms with Gasteiger partial charge in [0.2, 0.25) is 0 Å². The molecule has 1 saturated heterocycles. The normalized spacial score (nSPS) is 14.8. The molecule has 0 bridgehead atoms. The Kier molecular flexibility index (Phi) is 4.46. The van der Waals surface area contributed by atoms with E-state index >= 15 is 0 Å². The summed E-state index contributed by atoms with van der Waals surface area (Å²) in [5.41, 5.74) is -0.150. The minimum Gasteiger partial charge on any atom is -0.324 e. The van der Waals surface area contributed by atoms with Crippen LogP contribution in [0.1, 0.15) is 25.7 Å². The van der Waals surface area contributed by atoms with E-state index in [-0.39, 0.29) is 17.6 Å². The first-order valence-corrected chi connectivity index (χ1v) is 7.83. The lowest BCUT2D eigenvalue weighted by Crippen LogP contribution is -2.52. The maximum Gasteiger partial charge on any atom is 0.321 e. The van der Waals surface area contributed by atoms with E-state index < -0.39 is 17.7 Å². The van der Waals surface area contributed by atoms with Gasteiger partial charge >= 0.3 is 6.03 Å². The summed E-state index contributed by atoms with van der Waals surface area (Å²) in [6.07, 6.45) is 2.44. The van der Waals surface area contributed by atoms with E-state index in [1.165, 1.54) is 0 Å². The van der Waals surface area contributed by atoms with Gasteiger partial charge in [0.05, 0.1) is 5.69 Å². The topological polar surface area (TPSA) is 63.1 Å². The van der Waals surface area contributed by atoms with Crippen molar-refractivity contribution >= 4 is 11.7 Å². The summed E-state index contributed by atoms with van der Waals surface area (Å²) >= 11 is 0. The first-order chi connectivity index (χ1) is 11.4. The third kappa shape index (κ3) is 3.37. The van der Waals surface area contributed by atoms with Crippen LogP contribution >= 0.6 is 0 Å². The van der Waals surface area contributed by atoms with Crippen molar-refractivity contribution < 1.29 is 13.6 Å². The van der Waals surface area contributed by atoms with Crippen LogP contribution in [-0.2, 0) is 6.42 Å². The molecule has 0 aliphatic carbocycles. The Morgan fingerprint density at radius 3 is 2.83 bits per heavy atom. The zero-order valence-electron chi connectivity index (χ0n) is 13.5. The number of nitrogens with one attached hydrogen (secondary N) is 1. The lowest BCUT2D eigenvalue weighted by atomic mass is 9.96. The average molecular weight is 335 g/mol. The second-order valence-electron chi connectivity index (χ2n) is 6.28. The summed E-state index contributed by atoms with van der Waals surface area (Å²) in [6, 6.07) is 2.82. The first kappa shape index (κ1) is 16.4. The minimum absolute atomic E-state index is 0.150. The van der Waals surface area contributed by atoms with Crippen molar-refractivity contribution in [2.24, 2.45) is 5.92 Å². The summed E-state index contributed by atoms with van der Waals surface area (Å²) in [6.45, 7) is 5.21. The molecule has 1 aromatic carbocycles. The SMILES string of the molecule is CC(C)n1cnnc1CC1CN(C(=O)Nc2cc(F)ccc2F)C1. The number of rotatable bonds is 4. The fraction of sp³-hybridized carbons (Fsp3) is 0.438. The van der Waals surface area contributed by atoms with E-state index in [0.717, 1.165) is 30.4 Å². The van der Waals surface area contributed by atoms with Gasteiger partial charge in [-0.2, -0.15) is 0 Å². The van der Waals surface area contributed by atoms with Crippen LogP contribution in [-0.4, -0.2) is 38.8 Å². The summed E-state index contributed by atoms with van der Waals surface area (Å²) in [5, 5.41) is 10.4. The standard InChI is InChI=1S/C16H19F2N5O/c1-10(2)23-9-19-21-15(23)5-11-7-22(8-11)16(24)20-14-6-12(17)3-4-13(14)18/h3-4,6,9-11H,5,7-8H2,1-2H3,(H,20,24). The Hall–Kier alpha value is -2.51. The number of anilines is 1. The molecule has 1 fully saturated rings. The molecule has 128 valence electrons. The highest BCUT2D eigenvalue weighted by Gasteiger charge is 2.32. The average Bonchev–Trinajstić information content (AvgIpc) is 2.94. The van der Waals surface area contributed by atoms with E-state index in [9.17, 15) is 13.6 Å². The molecule has 8 heteroatoms. The number of amides is 2. The third-order valence-electron chi connectivity index (χ3n) is 4.09. The number of aromatic nitrogens is 3. The maximum absolute atomic E-state index is 13.5. The second kappa shape index (κ2) is 6.54. The van der Waals surface area contributed by atoms with Crippen molar-refractivity contribution in [1.82, 2.24) is 19.7 Å². The van der Waals surface area contributed by atoms with Gasteiger partial charge < -0.3 is 14.8 Å². The molecule has 0 radical (unpaired) electrons. The molecule has 24 heavy (non-hydrogen) atoms. The molecule has 2 heterocycles. The van der Waals surface area contributed by atoms with Gasteiger partial charge in [-0.15, -0.1) is 10.2 Å². The Balaban J connectivity index is 1.53. The molecule has 0 atom stereocenters. The molecule has 0 saturated carbocycles. The molecular formula is C16H19F2N5O. The maximum atomic E-state index is 13.5. The largest absolute Gasteiger partial charge is 0.324 e. The number of likely N-dealkylation sites (tertiary alicyclic amines) is 1. The van der Waals surface area contributed by atoms with E-state index in [1.54, 1.807) is 11.2 Å². The molecule has 1 aliphatic heterocycles. The van der Waals surface area contributed by atoms with Gasteiger partial charge in [-0.3, -0.25) is 0 Å². The van der Waals surface area contributed by atoms with Gasteiger partial charge in [-0.1, -0.05) is 0 Å². The summed E-state index contributed by atoms with van der Waals surface area (Å²) in [7, 11) is 0. The van der Waals surface area contributed by atoms with Crippen molar-refractivity contribution in [3.05, 3.63) is 42.0 Å². The van der Waals surface area contributed by atoms with Crippen LogP contribution in [0.4, 0.5) is 19.3 Å². The van der Waals surface area contributed by atoms with Crippen LogP contribution in [0.2, 0.25) is 0 Å². The van der Waals surface area contributed by atoms with Crippen LogP contribution in [0.25, 0.3) is 0 Å². The number of benzene rings is 1. The number of nitrogens with zero attached hydrogens (tertiary/aromatic N) is 4. The zero-order chi connectivity index (χ0) is 17.3. The number of hydrogen-bond acceptors (Lipinski definition) is 3. The molecular weight excluding hydrogens is 316 g/mol. The van der Waals surface area contributed by atoms with Crippen molar-refractivity contribution in [3.8, 4) is 0 Å². The van der Waals surface area contributed by atoms with E-state index in [0.29, 0.717) is 13.1 Å². The molecule has 2 aromatic rings. The van der Waals surface area contributed by atoms with Gasteiger partial charge in [0, 0.05) is 37.5 Å². The fourth-order valence-corrected chi connectivity index (χ4v) is 2.75. The van der Waals surface area contributed by atoms with Crippen LogP contribution in [0.3, 0.4) is 0 Å². The number of hydrogen-bond donors (Lipinski definition) is 1. The van der Waals surface area contributed by atoms with Crippen molar-refractivity contribution in [3.63, 3.8) is 0 Å². The predicted octanol–water partition coefficient (Wildman–Crippen LogP) is 2.84. The van der Waals surface area contributed by atoms with Crippen LogP contribution < -0.4 is 5.32 Å². The lowest BCUT2D eigenvalue weighted by molar-refractivity contribution is 0.129. The lowest BCUT2D eigenvalue weighted by Gasteiger charge is -2.39. The van der Waals surface area contributed by atoms with Gasteiger partial charge in [-0.25, -0.2) is 13.6 Å². The summed E-state index contributed by atoms with van der Waals surface area (Å²) < 4.78 is 28.7. The Labute approximate surface area is 138 Å². The number of urea groups is 1. The molecule has 1 aromatic heterocycles. The number of halogens is 2. The van der Waals surface area contributed by atoms with Gasteiger partial charge in [0.15, 0.2) is 0 Å². The molecule has 1 N–H and O–H groups in total. The summed E-state index contributed by atoms with van der Waals surface area (Å²) in [5.74, 6) is -0.0749. The third-order valence-corrected chi connectivity index (χ3v) is 4.09. The van der Waals surface area contributed by atoms with E-state index in [2.05, 4.69) is 29.4 Å². The van der Waals surface area contributed by atoms with Gasteiger partial charge in [0.25, 0.3) is 0 Å². The van der Waals surface area contributed by atoms with Crippen molar-refractivity contribution in [2.45, 2.75) is 26.3 Å². The highest BCUT2D eigenvalue weighted by Crippen LogP contribution is 2.23. The van der Waals surface area contributed by atoms with Crippen molar-refractivity contribution in [1.29, 1.82) is 0 Å². The zero-order valence-corrected chi connectivity index (χ0v) is 13.5. The summed E-state index contributed by atoms with van der Waals surface area (Å²) in [4.78, 5) is 13.6. The number of carbonyl (C=O) groups excluding carboxylic acids is 1. The minimum atomic E-state index is -0.660. The molecule has 3 rings (SSSR count). The Morgan fingerprint density at radius 1 is 1.38 bits per heavy atom. The molecule has 0 unspecified atom stereocenters. The van der Waals surface area contributed by atoms with E-state index in [4.69, 9.17) is 0 Å². The van der Waals surface area contributed by atoms with Gasteiger partial charge in [-0.05, 0) is 26.0 Å². The quantitative estimate of drug-likeness (QED) is 0.934. The van der Waals surface area contributed by atoms with Gasteiger partial charge in [0.1, 0.15) is 23.8 Å². The van der Waals surface area contributed by atoms with Crippen molar-refractivity contribution in [2.75, 3.05) is 18.4 Å². The predicted molar refractivity (Wildman–Crippen MR) is 84.6 cm³/mol. The van der Waals surface area contributed by atoms with Crippen LogP contribution in [0.5, 0.6) is 0 Å². The Bertz CT molecular complexity index is 740. The molecule has 6 nitrogen and oxygen atoms in total. The molecule has 2 amide bonds. The Morgan fingerprint density at radius 2 is 2.12 bits per heavy atom. The first-order valence-electron chi connectivity index (χ1n) is 7.83. The molecule has 0 spiro atoms. The van der Waals surface area contributed by atoms with Crippen LogP contribution in [0.15, 0.2) is 24.5 Å². The smallest absolute Gasteiger partial charge is 0.321 e. The van der Waals surface area contributed by atoms with Crippen LogP contribution in [0, 0.1) is 17.6 Å². The fourth-order valence-electron chi connectivity index (χ4n) is 2.75. The molecule has 1 aliphatic rings. The highest BCUT2D eigenvalue weighted by atomic mass is 19.1. The monoisotopic (exact) mass is 335 g/mol. The van der Waals surface area contributed by atoms with E-state index in [1.807, 2.05) is 4.57 Å². The highest BCUT2D eigenvalue weighted by molar-refractivity contribution is 5.90.